The summed E-state index contributed by atoms with van der Waals surface area (Å²) in [4.78, 5) is 17.2. The van der Waals surface area contributed by atoms with Crippen molar-refractivity contribution < 1.29 is 19.1 Å². The molecule has 0 aliphatic heterocycles. The van der Waals surface area contributed by atoms with E-state index >= 15 is 0 Å². The maximum Gasteiger partial charge on any atom is 0.323 e. The molecule has 0 aliphatic carbocycles. The summed E-state index contributed by atoms with van der Waals surface area (Å²) in [7, 11) is -1.13. The van der Waals surface area contributed by atoms with Gasteiger partial charge in [-0.05, 0) is 38.9 Å². The molecule has 0 aromatic heterocycles. The minimum absolute atomic E-state index is 0.136. The molecule has 0 saturated carbocycles. The van der Waals surface area contributed by atoms with E-state index in [9.17, 15) is 4.79 Å². The SMILES string of the molecule is CC(C)OC(=O)[C@H](C)NP(C)OOc1cccc2ccccc12. The van der Waals surface area contributed by atoms with Crippen molar-refractivity contribution in [1.82, 2.24) is 5.09 Å². The van der Waals surface area contributed by atoms with E-state index in [4.69, 9.17) is 14.3 Å². The van der Waals surface area contributed by atoms with E-state index < -0.39 is 14.3 Å². The van der Waals surface area contributed by atoms with Gasteiger partial charge in [-0.3, -0.25) is 9.88 Å². The Labute approximate surface area is 137 Å². The van der Waals surface area contributed by atoms with Crippen LogP contribution in [0, 0.1) is 0 Å². The average Bonchev–Trinajstić information content (AvgIpc) is 2.52. The number of hydrogen-bond donors (Lipinski definition) is 1. The fourth-order valence-electron chi connectivity index (χ4n) is 2.05. The highest BCUT2D eigenvalue weighted by molar-refractivity contribution is 7.49. The highest BCUT2D eigenvalue weighted by Crippen LogP contribution is 2.32. The highest BCUT2D eigenvalue weighted by Gasteiger charge is 2.19. The van der Waals surface area contributed by atoms with Crippen LogP contribution in [0.4, 0.5) is 0 Å². The number of nitrogens with one attached hydrogen (secondary N) is 1. The van der Waals surface area contributed by atoms with Gasteiger partial charge in [-0.2, -0.15) is 4.67 Å². The maximum atomic E-state index is 11.8. The first-order chi connectivity index (χ1) is 11.0. The van der Waals surface area contributed by atoms with Gasteiger partial charge in [0, 0.05) is 5.39 Å². The second-order valence-electron chi connectivity index (χ2n) is 5.47. The van der Waals surface area contributed by atoms with Crippen LogP contribution in [0.25, 0.3) is 10.8 Å². The molecule has 5 nitrogen and oxygen atoms in total. The molecule has 1 unspecified atom stereocenters. The molecule has 2 atom stereocenters. The largest absolute Gasteiger partial charge is 0.462 e. The summed E-state index contributed by atoms with van der Waals surface area (Å²) in [5, 5.41) is 5.10. The first-order valence-corrected chi connectivity index (χ1v) is 9.21. The molecule has 0 heterocycles. The van der Waals surface area contributed by atoms with Crippen LogP contribution in [0.1, 0.15) is 20.8 Å². The average molecular weight is 335 g/mol. The van der Waals surface area contributed by atoms with Crippen LogP contribution in [0.5, 0.6) is 5.75 Å². The molecule has 1 N–H and O–H groups in total. The third kappa shape index (κ3) is 5.17. The number of carbonyl (C=O) groups is 1. The van der Waals surface area contributed by atoms with Crippen molar-refractivity contribution in [3.8, 4) is 5.75 Å². The molecule has 2 rings (SSSR count). The summed E-state index contributed by atoms with van der Waals surface area (Å²) in [6.45, 7) is 7.21. The van der Waals surface area contributed by atoms with Gasteiger partial charge in [-0.15, -0.1) is 0 Å². The van der Waals surface area contributed by atoms with Crippen LogP contribution in [0.2, 0.25) is 0 Å². The third-order valence-electron chi connectivity index (χ3n) is 3.07. The monoisotopic (exact) mass is 335 g/mol. The molecule has 23 heavy (non-hydrogen) atoms. The van der Waals surface area contributed by atoms with Gasteiger partial charge in [0.05, 0.1) is 6.10 Å². The van der Waals surface area contributed by atoms with Crippen molar-refractivity contribution in [3.63, 3.8) is 0 Å². The van der Waals surface area contributed by atoms with E-state index in [1.165, 1.54) is 0 Å². The molecule has 0 amide bonds. The zero-order chi connectivity index (χ0) is 16.8. The Hall–Kier alpha value is -1.68. The zero-order valence-corrected chi connectivity index (χ0v) is 14.7. The summed E-state index contributed by atoms with van der Waals surface area (Å²) < 4.78 is 10.6. The molecule has 0 radical (unpaired) electrons. The lowest BCUT2D eigenvalue weighted by Gasteiger charge is -2.19. The van der Waals surface area contributed by atoms with Crippen LogP contribution in [0.15, 0.2) is 42.5 Å². The van der Waals surface area contributed by atoms with Crippen LogP contribution < -0.4 is 9.97 Å². The predicted molar refractivity (Wildman–Crippen MR) is 92.3 cm³/mol. The molecule has 124 valence electrons. The standard InChI is InChI=1S/C17H22NO4P/c1-12(2)20-17(19)13(3)18-23(4)22-21-16-11-7-9-14-8-5-6-10-15(14)16/h5-13,18H,1-4H3/t13-,23?/m0/s1. The fraction of sp³-hybridized carbons (Fsp3) is 0.353. The minimum atomic E-state index is -1.13. The molecule has 0 saturated heterocycles. The number of hydrogen-bond acceptors (Lipinski definition) is 5. The number of rotatable bonds is 7. The summed E-state index contributed by atoms with van der Waals surface area (Å²) in [6, 6.07) is 13.2. The van der Waals surface area contributed by atoms with Gasteiger partial charge < -0.3 is 9.62 Å². The van der Waals surface area contributed by atoms with Crippen molar-refractivity contribution in [1.29, 1.82) is 0 Å². The molecule has 2 aromatic carbocycles. The number of carbonyl (C=O) groups excluding carboxylic acids is 1. The van der Waals surface area contributed by atoms with Crippen LogP contribution in [0.3, 0.4) is 0 Å². The van der Waals surface area contributed by atoms with Crippen LogP contribution in [-0.2, 0) is 14.2 Å². The number of fused-ring (bicyclic) bond motifs is 1. The van der Waals surface area contributed by atoms with E-state index in [2.05, 4.69) is 5.09 Å². The first kappa shape index (κ1) is 17.7. The zero-order valence-electron chi connectivity index (χ0n) is 13.8. The summed E-state index contributed by atoms with van der Waals surface area (Å²) in [5.41, 5.74) is 0. The van der Waals surface area contributed by atoms with Crippen LogP contribution in [-0.4, -0.2) is 24.8 Å². The lowest BCUT2D eigenvalue weighted by molar-refractivity contribution is -0.149. The molecule has 0 aliphatic rings. The second-order valence-corrected chi connectivity index (χ2v) is 6.87. The van der Waals surface area contributed by atoms with Gasteiger partial charge >= 0.3 is 5.97 Å². The Kier molecular flexibility index (Phi) is 6.34. The third-order valence-corrected chi connectivity index (χ3v) is 4.12. The Morgan fingerprint density at radius 2 is 1.78 bits per heavy atom. The summed E-state index contributed by atoms with van der Waals surface area (Å²) in [5.74, 6) is 0.347. The fourth-order valence-corrected chi connectivity index (χ4v) is 2.93. The van der Waals surface area contributed by atoms with Gasteiger partial charge in [0.15, 0.2) is 14.0 Å². The molecule has 0 spiro atoms. The van der Waals surface area contributed by atoms with Gasteiger partial charge in [0.25, 0.3) is 0 Å². The Bertz CT molecular complexity index is 657. The summed E-state index contributed by atoms with van der Waals surface area (Å²) >= 11 is 0. The minimum Gasteiger partial charge on any atom is -0.462 e. The van der Waals surface area contributed by atoms with Gasteiger partial charge in [-0.25, -0.2) is 0 Å². The van der Waals surface area contributed by atoms with Crippen molar-refractivity contribution in [3.05, 3.63) is 42.5 Å². The normalized spacial score (nSPS) is 13.8. The van der Waals surface area contributed by atoms with Crippen molar-refractivity contribution >= 4 is 25.0 Å². The predicted octanol–water partition coefficient (Wildman–Crippen LogP) is 4.02. The lowest BCUT2D eigenvalue weighted by atomic mass is 10.1. The molecule has 6 heteroatoms. The number of benzene rings is 2. The van der Waals surface area contributed by atoms with E-state index in [1.54, 1.807) is 6.92 Å². The first-order valence-electron chi connectivity index (χ1n) is 7.50. The molecular formula is C17H22NO4P. The topological polar surface area (TPSA) is 56.8 Å². The Morgan fingerprint density at radius 1 is 1.09 bits per heavy atom. The molecule has 2 aromatic rings. The van der Waals surface area contributed by atoms with E-state index in [-0.39, 0.29) is 12.1 Å². The number of ether oxygens (including phenoxy) is 1. The smallest absolute Gasteiger partial charge is 0.323 e. The molecular weight excluding hydrogens is 313 g/mol. The Morgan fingerprint density at radius 3 is 2.52 bits per heavy atom. The quantitative estimate of drug-likeness (QED) is 0.358. The van der Waals surface area contributed by atoms with Crippen molar-refractivity contribution in [2.24, 2.45) is 0 Å². The van der Waals surface area contributed by atoms with E-state index in [1.807, 2.05) is 63.0 Å². The maximum absolute atomic E-state index is 11.8. The number of esters is 1. The Balaban J connectivity index is 1.91. The summed E-state index contributed by atoms with van der Waals surface area (Å²) in [6.07, 6.45) is -0.136. The van der Waals surface area contributed by atoms with Gasteiger partial charge in [-0.1, -0.05) is 36.4 Å². The molecule has 0 fully saturated rings. The lowest BCUT2D eigenvalue weighted by Crippen LogP contribution is -2.33. The van der Waals surface area contributed by atoms with Crippen molar-refractivity contribution in [2.75, 3.05) is 6.66 Å². The van der Waals surface area contributed by atoms with Gasteiger partial charge in [0.1, 0.15) is 6.04 Å². The second kappa shape index (κ2) is 8.25. The molecule has 0 bridgehead atoms. The highest BCUT2D eigenvalue weighted by atomic mass is 31.2. The van der Waals surface area contributed by atoms with E-state index in [0.29, 0.717) is 5.75 Å². The van der Waals surface area contributed by atoms with Gasteiger partial charge in [0.2, 0.25) is 0 Å². The van der Waals surface area contributed by atoms with E-state index in [0.717, 1.165) is 10.8 Å². The van der Waals surface area contributed by atoms with Crippen molar-refractivity contribution in [2.45, 2.75) is 32.9 Å². The van der Waals surface area contributed by atoms with Crippen LogP contribution >= 0.6 is 8.30 Å².